The lowest BCUT2D eigenvalue weighted by molar-refractivity contribution is 0.693. The van der Waals surface area contributed by atoms with E-state index in [0.29, 0.717) is 0 Å². The highest BCUT2D eigenvalue weighted by atomic mass is 35.5. The molecular weight excluding hydrogens is 230 g/mol. The van der Waals surface area contributed by atoms with Crippen molar-refractivity contribution < 1.29 is 0 Å². The molecule has 0 aliphatic carbocycles. The van der Waals surface area contributed by atoms with Crippen LogP contribution in [0.15, 0.2) is 48.5 Å². The molecule has 0 spiro atoms. The molecule has 0 heterocycles. The lowest BCUT2D eigenvalue weighted by Gasteiger charge is -2.06. The van der Waals surface area contributed by atoms with Gasteiger partial charge in [-0.05, 0) is 30.2 Å². The van der Waals surface area contributed by atoms with Crippen LogP contribution in [0.1, 0.15) is 16.7 Å². The second kappa shape index (κ2) is 5.85. The van der Waals surface area contributed by atoms with E-state index in [-0.39, 0.29) is 0 Å². The van der Waals surface area contributed by atoms with Crippen LogP contribution in [0.3, 0.4) is 0 Å². The van der Waals surface area contributed by atoms with Gasteiger partial charge in [-0.2, -0.15) is 0 Å². The van der Waals surface area contributed by atoms with Gasteiger partial charge in [0.25, 0.3) is 0 Å². The largest absolute Gasteiger partial charge is 0.309 e. The SMILES string of the molecule is Cc1ccc(CNCc2cccc(Cl)c2)cc1. The predicted octanol–water partition coefficient (Wildman–Crippen LogP) is 3.94. The molecule has 0 amide bonds. The first kappa shape index (κ1) is 12.2. The maximum Gasteiger partial charge on any atom is 0.0409 e. The summed E-state index contributed by atoms with van der Waals surface area (Å²) in [6.45, 7) is 3.82. The summed E-state index contributed by atoms with van der Waals surface area (Å²) in [6.07, 6.45) is 0. The van der Waals surface area contributed by atoms with Crippen LogP contribution in [0.25, 0.3) is 0 Å². The van der Waals surface area contributed by atoms with Crippen LogP contribution < -0.4 is 5.32 Å². The first-order chi connectivity index (χ1) is 8.24. The third-order valence-electron chi connectivity index (χ3n) is 2.67. The lowest BCUT2D eigenvalue weighted by atomic mass is 10.1. The van der Waals surface area contributed by atoms with Crippen molar-refractivity contribution in [2.75, 3.05) is 0 Å². The molecule has 2 aromatic carbocycles. The van der Waals surface area contributed by atoms with Crippen LogP contribution in [-0.2, 0) is 13.1 Å². The Morgan fingerprint density at radius 2 is 1.65 bits per heavy atom. The topological polar surface area (TPSA) is 12.0 Å². The first-order valence-electron chi connectivity index (χ1n) is 5.75. The highest BCUT2D eigenvalue weighted by Gasteiger charge is 1.95. The van der Waals surface area contributed by atoms with E-state index in [0.717, 1.165) is 18.1 Å². The monoisotopic (exact) mass is 245 g/mol. The summed E-state index contributed by atoms with van der Waals surface area (Å²) in [7, 11) is 0. The fourth-order valence-corrected chi connectivity index (χ4v) is 1.92. The molecule has 2 rings (SSSR count). The molecule has 0 radical (unpaired) electrons. The summed E-state index contributed by atoms with van der Waals surface area (Å²) in [5.74, 6) is 0. The van der Waals surface area contributed by atoms with Crippen molar-refractivity contribution in [3.63, 3.8) is 0 Å². The molecule has 17 heavy (non-hydrogen) atoms. The van der Waals surface area contributed by atoms with E-state index >= 15 is 0 Å². The molecule has 0 unspecified atom stereocenters. The number of rotatable bonds is 4. The number of halogens is 1. The average Bonchev–Trinajstić information content (AvgIpc) is 2.32. The van der Waals surface area contributed by atoms with Gasteiger partial charge >= 0.3 is 0 Å². The van der Waals surface area contributed by atoms with Crippen molar-refractivity contribution >= 4 is 11.6 Å². The van der Waals surface area contributed by atoms with E-state index in [1.807, 2.05) is 18.2 Å². The minimum atomic E-state index is 0.791. The summed E-state index contributed by atoms with van der Waals surface area (Å²) in [6, 6.07) is 16.5. The molecule has 2 aromatic rings. The van der Waals surface area contributed by atoms with Crippen molar-refractivity contribution in [1.29, 1.82) is 0 Å². The summed E-state index contributed by atoms with van der Waals surface area (Å²) >= 11 is 5.93. The minimum Gasteiger partial charge on any atom is -0.309 e. The quantitative estimate of drug-likeness (QED) is 0.861. The molecule has 0 atom stereocenters. The lowest BCUT2D eigenvalue weighted by Crippen LogP contribution is -2.12. The van der Waals surface area contributed by atoms with E-state index in [1.165, 1.54) is 16.7 Å². The Kier molecular flexibility index (Phi) is 4.18. The highest BCUT2D eigenvalue weighted by Crippen LogP contribution is 2.10. The van der Waals surface area contributed by atoms with E-state index in [4.69, 9.17) is 11.6 Å². The number of hydrogen-bond acceptors (Lipinski definition) is 1. The first-order valence-corrected chi connectivity index (χ1v) is 6.12. The maximum atomic E-state index is 5.93. The van der Waals surface area contributed by atoms with Crippen LogP contribution in [0.2, 0.25) is 5.02 Å². The minimum absolute atomic E-state index is 0.791. The molecule has 0 aromatic heterocycles. The molecular formula is C15H16ClN. The Morgan fingerprint density at radius 1 is 0.941 bits per heavy atom. The van der Waals surface area contributed by atoms with Crippen molar-refractivity contribution in [2.24, 2.45) is 0 Å². The number of hydrogen-bond donors (Lipinski definition) is 1. The Bertz CT molecular complexity index is 477. The van der Waals surface area contributed by atoms with Gasteiger partial charge in [0.2, 0.25) is 0 Å². The second-order valence-corrected chi connectivity index (χ2v) is 4.66. The van der Waals surface area contributed by atoms with Crippen LogP contribution in [0, 0.1) is 6.92 Å². The Hall–Kier alpha value is -1.31. The normalized spacial score (nSPS) is 10.5. The van der Waals surface area contributed by atoms with Crippen molar-refractivity contribution in [3.8, 4) is 0 Å². The molecule has 0 saturated heterocycles. The third kappa shape index (κ3) is 3.88. The van der Waals surface area contributed by atoms with Gasteiger partial charge in [-0.3, -0.25) is 0 Å². The van der Waals surface area contributed by atoms with Crippen LogP contribution in [-0.4, -0.2) is 0 Å². The highest BCUT2D eigenvalue weighted by molar-refractivity contribution is 6.30. The van der Waals surface area contributed by atoms with Crippen molar-refractivity contribution in [1.82, 2.24) is 5.32 Å². The van der Waals surface area contributed by atoms with Gasteiger partial charge in [-0.15, -0.1) is 0 Å². The zero-order valence-electron chi connectivity index (χ0n) is 9.91. The summed E-state index contributed by atoms with van der Waals surface area (Å²) < 4.78 is 0. The summed E-state index contributed by atoms with van der Waals surface area (Å²) in [5, 5.41) is 4.20. The van der Waals surface area contributed by atoms with Gasteiger partial charge in [-0.25, -0.2) is 0 Å². The van der Waals surface area contributed by atoms with Crippen LogP contribution in [0.5, 0.6) is 0 Å². The Morgan fingerprint density at radius 3 is 2.35 bits per heavy atom. The zero-order valence-corrected chi connectivity index (χ0v) is 10.7. The van der Waals surface area contributed by atoms with Crippen LogP contribution in [0.4, 0.5) is 0 Å². The van der Waals surface area contributed by atoms with E-state index in [2.05, 4.69) is 42.6 Å². The Labute approximate surface area is 107 Å². The zero-order chi connectivity index (χ0) is 12.1. The standard InChI is InChI=1S/C15H16ClN/c1-12-5-7-13(8-6-12)10-17-11-14-3-2-4-15(16)9-14/h2-9,17H,10-11H2,1H3. The van der Waals surface area contributed by atoms with Gasteiger partial charge in [0.15, 0.2) is 0 Å². The molecule has 0 saturated carbocycles. The van der Waals surface area contributed by atoms with E-state index in [9.17, 15) is 0 Å². The Balaban J connectivity index is 1.85. The van der Waals surface area contributed by atoms with Gasteiger partial charge < -0.3 is 5.32 Å². The van der Waals surface area contributed by atoms with Crippen LogP contribution >= 0.6 is 11.6 Å². The fraction of sp³-hybridized carbons (Fsp3) is 0.200. The maximum absolute atomic E-state index is 5.93. The summed E-state index contributed by atoms with van der Waals surface area (Å²) in [5.41, 5.74) is 3.81. The predicted molar refractivity (Wildman–Crippen MR) is 73.2 cm³/mol. The van der Waals surface area contributed by atoms with Gasteiger partial charge in [0.1, 0.15) is 0 Å². The average molecular weight is 246 g/mol. The van der Waals surface area contributed by atoms with E-state index < -0.39 is 0 Å². The number of nitrogens with one attached hydrogen (secondary N) is 1. The molecule has 0 aliphatic heterocycles. The molecule has 1 nitrogen and oxygen atoms in total. The molecule has 88 valence electrons. The van der Waals surface area contributed by atoms with Gasteiger partial charge in [0, 0.05) is 18.1 Å². The molecule has 0 aliphatic rings. The number of benzene rings is 2. The van der Waals surface area contributed by atoms with Crippen molar-refractivity contribution in [3.05, 3.63) is 70.2 Å². The van der Waals surface area contributed by atoms with Gasteiger partial charge in [0.05, 0.1) is 0 Å². The van der Waals surface area contributed by atoms with Crippen molar-refractivity contribution in [2.45, 2.75) is 20.0 Å². The smallest absolute Gasteiger partial charge is 0.0409 e. The molecule has 0 bridgehead atoms. The number of aryl methyl sites for hydroxylation is 1. The summed E-state index contributed by atoms with van der Waals surface area (Å²) in [4.78, 5) is 0. The van der Waals surface area contributed by atoms with Gasteiger partial charge in [-0.1, -0.05) is 53.6 Å². The van der Waals surface area contributed by atoms with E-state index in [1.54, 1.807) is 0 Å². The molecule has 0 fully saturated rings. The second-order valence-electron chi connectivity index (χ2n) is 4.22. The fourth-order valence-electron chi connectivity index (χ4n) is 1.70. The molecule has 1 N–H and O–H groups in total. The third-order valence-corrected chi connectivity index (χ3v) is 2.90. The molecule has 2 heteroatoms.